The number of H-pyrrole nitrogens is 2. The molecule has 4 aromatic rings. The van der Waals surface area contributed by atoms with E-state index in [0.29, 0.717) is 5.95 Å². The zero-order valence-corrected chi connectivity index (χ0v) is 15.3. The Morgan fingerprint density at radius 3 is 2.82 bits per heavy atom. The standard InChI is InChI=1S/C20H21N7O/c21-14-3-1-2-4-15(14)24-19-23-9-12-8-22-10-13(18(12)27-19)11-5-6-16-17(7-11)26-20(28)25-16/h5-10,14-15H,1-4,21H2,(H,23,24,27)(H2,25,26,28)/t14-,15+/m0/s1. The topological polar surface area (TPSA) is 125 Å². The Kier molecular flexibility index (Phi) is 4.05. The molecule has 1 aliphatic rings. The first-order chi connectivity index (χ1) is 13.7. The summed E-state index contributed by atoms with van der Waals surface area (Å²) in [5, 5.41) is 4.27. The molecule has 3 aromatic heterocycles. The minimum Gasteiger partial charge on any atom is -0.350 e. The lowest BCUT2D eigenvalue weighted by molar-refractivity contribution is 0.402. The molecule has 3 heterocycles. The highest BCUT2D eigenvalue weighted by Gasteiger charge is 2.22. The number of pyridine rings is 1. The average Bonchev–Trinajstić information content (AvgIpc) is 3.08. The zero-order chi connectivity index (χ0) is 19.1. The molecule has 1 fully saturated rings. The highest BCUT2D eigenvalue weighted by atomic mass is 16.1. The Hall–Kier alpha value is -3.26. The largest absolute Gasteiger partial charge is 0.350 e. The Labute approximate surface area is 160 Å². The van der Waals surface area contributed by atoms with Crippen LogP contribution in [0.5, 0.6) is 0 Å². The number of hydrogen-bond donors (Lipinski definition) is 4. The highest BCUT2D eigenvalue weighted by molar-refractivity contribution is 5.94. The monoisotopic (exact) mass is 375 g/mol. The van der Waals surface area contributed by atoms with E-state index < -0.39 is 0 Å². The van der Waals surface area contributed by atoms with Crippen LogP contribution in [0.25, 0.3) is 33.1 Å². The number of hydrogen-bond acceptors (Lipinski definition) is 6. The van der Waals surface area contributed by atoms with Gasteiger partial charge in [0.25, 0.3) is 0 Å². The molecule has 0 radical (unpaired) electrons. The molecule has 1 saturated carbocycles. The Balaban J connectivity index is 1.57. The van der Waals surface area contributed by atoms with Crippen LogP contribution in [0.2, 0.25) is 0 Å². The van der Waals surface area contributed by atoms with E-state index in [2.05, 4.69) is 25.3 Å². The fraction of sp³-hybridized carbons (Fsp3) is 0.300. The van der Waals surface area contributed by atoms with E-state index in [1.165, 1.54) is 12.8 Å². The minimum absolute atomic E-state index is 0.123. The number of anilines is 1. The van der Waals surface area contributed by atoms with Gasteiger partial charge in [-0.3, -0.25) is 4.98 Å². The van der Waals surface area contributed by atoms with E-state index in [4.69, 9.17) is 10.7 Å². The summed E-state index contributed by atoms with van der Waals surface area (Å²) in [6.45, 7) is 0. The Morgan fingerprint density at radius 2 is 1.93 bits per heavy atom. The normalized spacial score (nSPS) is 19.9. The number of nitrogens with one attached hydrogen (secondary N) is 3. The van der Waals surface area contributed by atoms with Crippen LogP contribution in [0.4, 0.5) is 5.95 Å². The van der Waals surface area contributed by atoms with Gasteiger partial charge in [0.2, 0.25) is 5.95 Å². The molecule has 1 aliphatic carbocycles. The number of imidazole rings is 1. The first-order valence-electron chi connectivity index (χ1n) is 9.53. The summed E-state index contributed by atoms with van der Waals surface area (Å²) < 4.78 is 0. The third kappa shape index (κ3) is 3.01. The average molecular weight is 375 g/mol. The van der Waals surface area contributed by atoms with Crippen LogP contribution in [-0.4, -0.2) is 37.0 Å². The van der Waals surface area contributed by atoms with E-state index in [1.807, 2.05) is 18.2 Å². The molecule has 8 heteroatoms. The molecule has 0 aliphatic heterocycles. The lowest BCUT2D eigenvalue weighted by Gasteiger charge is -2.29. The third-order valence-electron chi connectivity index (χ3n) is 5.45. The van der Waals surface area contributed by atoms with E-state index >= 15 is 0 Å². The summed E-state index contributed by atoms with van der Waals surface area (Å²) >= 11 is 0. The summed E-state index contributed by atoms with van der Waals surface area (Å²) in [5.41, 5.74) is 10.2. The van der Waals surface area contributed by atoms with Crippen molar-refractivity contribution < 1.29 is 0 Å². The third-order valence-corrected chi connectivity index (χ3v) is 5.45. The Morgan fingerprint density at radius 1 is 1.07 bits per heavy atom. The number of aromatic nitrogens is 5. The molecule has 2 atom stereocenters. The molecular weight excluding hydrogens is 354 g/mol. The Bertz CT molecular complexity index is 1210. The number of fused-ring (bicyclic) bond motifs is 2. The lowest BCUT2D eigenvalue weighted by atomic mass is 9.91. The van der Waals surface area contributed by atoms with Crippen LogP contribution in [0.1, 0.15) is 25.7 Å². The van der Waals surface area contributed by atoms with Gasteiger partial charge in [0.15, 0.2) is 0 Å². The lowest BCUT2D eigenvalue weighted by Crippen LogP contribution is -2.42. The van der Waals surface area contributed by atoms with Crippen molar-refractivity contribution in [1.82, 2.24) is 24.9 Å². The van der Waals surface area contributed by atoms with Crippen molar-refractivity contribution in [2.24, 2.45) is 5.73 Å². The van der Waals surface area contributed by atoms with E-state index in [-0.39, 0.29) is 17.8 Å². The van der Waals surface area contributed by atoms with Gasteiger partial charge in [0, 0.05) is 41.6 Å². The molecule has 28 heavy (non-hydrogen) atoms. The number of rotatable bonds is 3. The summed E-state index contributed by atoms with van der Waals surface area (Å²) in [6.07, 6.45) is 9.73. The second kappa shape index (κ2) is 6.72. The zero-order valence-electron chi connectivity index (χ0n) is 15.3. The van der Waals surface area contributed by atoms with Crippen LogP contribution >= 0.6 is 0 Å². The summed E-state index contributed by atoms with van der Waals surface area (Å²) in [5.74, 6) is 0.582. The summed E-state index contributed by atoms with van der Waals surface area (Å²) in [7, 11) is 0. The van der Waals surface area contributed by atoms with Gasteiger partial charge in [-0.1, -0.05) is 18.9 Å². The predicted octanol–water partition coefficient (Wildman–Crippen LogP) is 2.54. The van der Waals surface area contributed by atoms with Gasteiger partial charge in [0.1, 0.15) is 0 Å². The van der Waals surface area contributed by atoms with Crippen LogP contribution in [0, 0.1) is 0 Å². The maximum Gasteiger partial charge on any atom is 0.323 e. The van der Waals surface area contributed by atoms with Crippen molar-refractivity contribution in [1.29, 1.82) is 0 Å². The van der Waals surface area contributed by atoms with Crippen molar-refractivity contribution in [3.05, 3.63) is 47.3 Å². The highest BCUT2D eigenvalue weighted by Crippen LogP contribution is 2.29. The van der Waals surface area contributed by atoms with Gasteiger partial charge < -0.3 is 21.0 Å². The van der Waals surface area contributed by atoms with Gasteiger partial charge in [-0.25, -0.2) is 14.8 Å². The SMILES string of the molecule is N[C@H]1CCCC[C@H]1Nc1ncc2cncc(-c3ccc4[nH]c(=O)[nH]c4c3)c2n1. The van der Waals surface area contributed by atoms with E-state index in [9.17, 15) is 4.79 Å². The molecule has 1 aromatic carbocycles. The number of benzene rings is 1. The van der Waals surface area contributed by atoms with Gasteiger partial charge in [-0.05, 0) is 30.5 Å². The van der Waals surface area contributed by atoms with Crippen molar-refractivity contribution in [2.75, 3.05) is 5.32 Å². The van der Waals surface area contributed by atoms with E-state index in [1.54, 1.807) is 18.6 Å². The van der Waals surface area contributed by atoms with Gasteiger partial charge in [-0.2, -0.15) is 0 Å². The fourth-order valence-electron chi connectivity index (χ4n) is 3.94. The second-order valence-electron chi connectivity index (χ2n) is 7.36. The smallest absolute Gasteiger partial charge is 0.323 e. The van der Waals surface area contributed by atoms with Crippen LogP contribution in [-0.2, 0) is 0 Å². The maximum atomic E-state index is 11.5. The van der Waals surface area contributed by atoms with Crippen LogP contribution in [0.15, 0.2) is 41.6 Å². The van der Waals surface area contributed by atoms with Crippen molar-refractivity contribution in [3.63, 3.8) is 0 Å². The molecule has 142 valence electrons. The van der Waals surface area contributed by atoms with Crippen LogP contribution < -0.4 is 16.7 Å². The molecule has 0 spiro atoms. The molecule has 0 bridgehead atoms. The maximum absolute atomic E-state index is 11.5. The van der Waals surface area contributed by atoms with E-state index in [0.717, 1.165) is 45.9 Å². The van der Waals surface area contributed by atoms with Crippen molar-refractivity contribution in [2.45, 2.75) is 37.8 Å². The number of aromatic amines is 2. The molecule has 5 N–H and O–H groups in total. The van der Waals surface area contributed by atoms with Gasteiger partial charge in [-0.15, -0.1) is 0 Å². The molecule has 0 unspecified atom stereocenters. The second-order valence-corrected chi connectivity index (χ2v) is 7.36. The molecule has 0 amide bonds. The summed E-state index contributed by atoms with van der Waals surface area (Å²) in [6, 6.07) is 6.07. The predicted molar refractivity (Wildman–Crippen MR) is 109 cm³/mol. The molecular formula is C20H21N7O. The first-order valence-corrected chi connectivity index (χ1v) is 9.53. The van der Waals surface area contributed by atoms with Gasteiger partial charge in [0.05, 0.1) is 16.6 Å². The van der Waals surface area contributed by atoms with Crippen molar-refractivity contribution in [3.8, 4) is 11.1 Å². The van der Waals surface area contributed by atoms with Crippen LogP contribution in [0.3, 0.4) is 0 Å². The first kappa shape index (κ1) is 16.9. The summed E-state index contributed by atoms with van der Waals surface area (Å²) in [4.78, 5) is 30.7. The number of nitrogens with zero attached hydrogens (tertiary/aromatic N) is 3. The van der Waals surface area contributed by atoms with Gasteiger partial charge >= 0.3 is 5.69 Å². The molecule has 5 rings (SSSR count). The number of nitrogens with two attached hydrogens (primary N) is 1. The molecule has 0 saturated heterocycles. The molecule has 8 nitrogen and oxygen atoms in total. The quantitative estimate of drug-likeness (QED) is 0.436. The minimum atomic E-state index is -0.221. The van der Waals surface area contributed by atoms with Crippen molar-refractivity contribution >= 4 is 27.9 Å². The fourth-order valence-corrected chi connectivity index (χ4v) is 3.94.